The molecule has 0 spiro atoms. The van der Waals surface area contributed by atoms with Gasteiger partial charge in [0.25, 0.3) is 5.91 Å². The summed E-state index contributed by atoms with van der Waals surface area (Å²) >= 11 is 0. The molecule has 2 aromatic carbocycles. The number of carbonyl (C=O) groups is 3. The third-order valence-electron chi connectivity index (χ3n) is 4.57. The van der Waals surface area contributed by atoms with Crippen molar-refractivity contribution in [1.29, 1.82) is 0 Å². The molecule has 2 atom stereocenters. The largest absolute Gasteiger partial charge is 0.350 e. The Hall–Kier alpha value is -3.15. The first-order valence-corrected chi connectivity index (χ1v) is 9.45. The highest BCUT2D eigenvalue weighted by atomic mass is 16.2. The zero-order valence-electron chi connectivity index (χ0n) is 16.3. The van der Waals surface area contributed by atoms with E-state index in [1.165, 1.54) is 0 Å². The number of rotatable bonds is 9. The summed E-state index contributed by atoms with van der Waals surface area (Å²) in [6.45, 7) is 4.10. The Morgan fingerprint density at radius 3 is 2.11 bits per heavy atom. The van der Waals surface area contributed by atoms with Gasteiger partial charge in [0, 0.05) is 12.1 Å². The number of hydrogen-bond donors (Lipinski definition) is 3. The summed E-state index contributed by atoms with van der Waals surface area (Å²) in [7, 11) is 0. The maximum Gasteiger partial charge on any atom is 0.251 e. The molecule has 0 radical (unpaired) electrons. The summed E-state index contributed by atoms with van der Waals surface area (Å²) in [5, 5.41) is 8.17. The maximum absolute atomic E-state index is 12.6. The fraction of sp³-hybridized carbons (Fsp3) is 0.318. The molecular weight excluding hydrogens is 354 g/mol. The van der Waals surface area contributed by atoms with Crippen LogP contribution in [0.2, 0.25) is 0 Å². The lowest BCUT2D eigenvalue weighted by molar-refractivity contribution is -0.128. The van der Waals surface area contributed by atoms with Crippen molar-refractivity contribution >= 4 is 17.7 Å². The highest BCUT2D eigenvalue weighted by molar-refractivity contribution is 5.98. The van der Waals surface area contributed by atoms with E-state index in [2.05, 4.69) is 16.0 Å². The molecule has 0 heterocycles. The topological polar surface area (TPSA) is 87.3 Å². The average molecular weight is 381 g/mol. The van der Waals surface area contributed by atoms with E-state index in [0.717, 1.165) is 5.56 Å². The summed E-state index contributed by atoms with van der Waals surface area (Å²) in [4.78, 5) is 37.0. The van der Waals surface area contributed by atoms with Gasteiger partial charge in [-0.25, -0.2) is 0 Å². The van der Waals surface area contributed by atoms with Gasteiger partial charge in [-0.15, -0.1) is 0 Å². The minimum atomic E-state index is -0.709. The standard InChI is InChI=1S/C22H27N3O3/c1-3-16(2)20(25-21(27)18-12-8-5-9-13-18)22(28)24-15-19(26)23-14-17-10-6-4-7-11-17/h4-13,16,20H,3,14-15H2,1-2H3,(H,23,26)(H,24,28)(H,25,27). The Kier molecular flexibility index (Phi) is 8.21. The van der Waals surface area contributed by atoms with Crippen molar-refractivity contribution in [1.82, 2.24) is 16.0 Å². The average Bonchev–Trinajstić information content (AvgIpc) is 2.75. The van der Waals surface area contributed by atoms with Crippen LogP contribution < -0.4 is 16.0 Å². The van der Waals surface area contributed by atoms with Crippen LogP contribution in [0.15, 0.2) is 60.7 Å². The van der Waals surface area contributed by atoms with Crippen molar-refractivity contribution in [3.05, 3.63) is 71.8 Å². The lowest BCUT2D eigenvalue weighted by Crippen LogP contribution is -2.51. The van der Waals surface area contributed by atoms with E-state index < -0.39 is 6.04 Å². The zero-order chi connectivity index (χ0) is 20.4. The molecular formula is C22H27N3O3. The Morgan fingerprint density at radius 2 is 1.50 bits per heavy atom. The molecule has 0 aliphatic rings. The molecule has 2 unspecified atom stereocenters. The molecule has 3 N–H and O–H groups in total. The van der Waals surface area contributed by atoms with Crippen LogP contribution in [0, 0.1) is 5.92 Å². The molecule has 0 fully saturated rings. The summed E-state index contributed by atoms with van der Waals surface area (Å²) in [6.07, 6.45) is 0.716. The fourth-order valence-corrected chi connectivity index (χ4v) is 2.65. The smallest absolute Gasteiger partial charge is 0.251 e. The van der Waals surface area contributed by atoms with Gasteiger partial charge >= 0.3 is 0 Å². The molecule has 3 amide bonds. The molecule has 2 aromatic rings. The second-order valence-corrected chi connectivity index (χ2v) is 6.68. The Bertz CT molecular complexity index is 778. The highest BCUT2D eigenvalue weighted by Crippen LogP contribution is 2.09. The second kappa shape index (κ2) is 10.9. The van der Waals surface area contributed by atoms with Crippen LogP contribution >= 0.6 is 0 Å². The van der Waals surface area contributed by atoms with Crippen LogP contribution in [0.25, 0.3) is 0 Å². The van der Waals surface area contributed by atoms with E-state index in [1.807, 2.05) is 50.2 Å². The van der Waals surface area contributed by atoms with Gasteiger partial charge in [-0.1, -0.05) is 68.8 Å². The third kappa shape index (κ3) is 6.54. The van der Waals surface area contributed by atoms with Gasteiger partial charge in [0.2, 0.25) is 11.8 Å². The van der Waals surface area contributed by atoms with Crippen LogP contribution in [0.5, 0.6) is 0 Å². The monoisotopic (exact) mass is 381 g/mol. The van der Waals surface area contributed by atoms with Crippen molar-refractivity contribution in [3.8, 4) is 0 Å². The van der Waals surface area contributed by atoms with Crippen molar-refractivity contribution in [2.24, 2.45) is 5.92 Å². The number of nitrogens with one attached hydrogen (secondary N) is 3. The summed E-state index contributed by atoms with van der Waals surface area (Å²) in [5.41, 5.74) is 1.47. The number of hydrogen-bond acceptors (Lipinski definition) is 3. The summed E-state index contributed by atoms with van der Waals surface area (Å²) < 4.78 is 0. The van der Waals surface area contributed by atoms with Crippen molar-refractivity contribution in [2.45, 2.75) is 32.9 Å². The van der Waals surface area contributed by atoms with Crippen molar-refractivity contribution < 1.29 is 14.4 Å². The summed E-state index contributed by atoms with van der Waals surface area (Å²) in [5.74, 6) is -1.03. The maximum atomic E-state index is 12.6. The predicted octanol–water partition coefficient (Wildman–Crippen LogP) is 2.26. The molecule has 0 aliphatic heterocycles. The number of carbonyl (C=O) groups excluding carboxylic acids is 3. The van der Waals surface area contributed by atoms with E-state index in [-0.39, 0.29) is 30.2 Å². The highest BCUT2D eigenvalue weighted by Gasteiger charge is 2.26. The minimum absolute atomic E-state index is 0.0694. The van der Waals surface area contributed by atoms with E-state index >= 15 is 0 Å². The Balaban J connectivity index is 1.88. The summed E-state index contributed by atoms with van der Waals surface area (Å²) in [6, 6.07) is 17.6. The van der Waals surface area contributed by atoms with Gasteiger partial charge in [-0.2, -0.15) is 0 Å². The first kappa shape index (κ1) is 21.2. The molecule has 2 rings (SSSR count). The van der Waals surface area contributed by atoms with Gasteiger partial charge in [0.15, 0.2) is 0 Å². The van der Waals surface area contributed by atoms with Gasteiger partial charge in [-0.05, 0) is 23.6 Å². The van der Waals surface area contributed by atoms with Gasteiger partial charge in [-0.3, -0.25) is 14.4 Å². The zero-order valence-corrected chi connectivity index (χ0v) is 16.3. The molecule has 6 heteroatoms. The molecule has 0 saturated heterocycles. The van der Waals surface area contributed by atoms with Crippen LogP contribution in [0.4, 0.5) is 0 Å². The van der Waals surface area contributed by atoms with Crippen molar-refractivity contribution in [3.63, 3.8) is 0 Å². The van der Waals surface area contributed by atoms with E-state index in [9.17, 15) is 14.4 Å². The van der Waals surface area contributed by atoms with Gasteiger partial charge in [0.1, 0.15) is 6.04 Å². The quantitative estimate of drug-likeness (QED) is 0.623. The molecule has 0 bridgehead atoms. The van der Waals surface area contributed by atoms with Crippen LogP contribution in [0.1, 0.15) is 36.2 Å². The molecule has 28 heavy (non-hydrogen) atoms. The molecule has 0 aromatic heterocycles. The SMILES string of the molecule is CCC(C)C(NC(=O)c1ccccc1)C(=O)NCC(=O)NCc1ccccc1. The van der Waals surface area contributed by atoms with Crippen molar-refractivity contribution in [2.75, 3.05) is 6.54 Å². The molecule has 0 aliphatic carbocycles. The molecule has 148 valence electrons. The Labute approximate surface area is 165 Å². The van der Waals surface area contributed by atoms with Crippen LogP contribution in [-0.4, -0.2) is 30.3 Å². The van der Waals surface area contributed by atoms with Crippen LogP contribution in [-0.2, 0) is 16.1 Å². The molecule has 6 nitrogen and oxygen atoms in total. The van der Waals surface area contributed by atoms with Crippen LogP contribution in [0.3, 0.4) is 0 Å². The third-order valence-corrected chi connectivity index (χ3v) is 4.57. The first-order valence-electron chi connectivity index (χ1n) is 9.45. The lowest BCUT2D eigenvalue weighted by Gasteiger charge is -2.23. The number of amides is 3. The normalized spacial score (nSPS) is 12.5. The lowest BCUT2D eigenvalue weighted by atomic mass is 9.98. The minimum Gasteiger partial charge on any atom is -0.350 e. The van der Waals surface area contributed by atoms with Gasteiger partial charge < -0.3 is 16.0 Å². The first-order chi connectivity index (χ1) is 13.5. The second-order valence-electron chi connectivity index (χ2n) is 6.68. The van der Waals surface area contributed by atoms with E-state index in [1.54, 1.807) is 24.3 Å². The van der Waals surface area contributed by atoms with E-state index in [0.29, 0.717) is 18.5 Å². The predicted molar refractivity (Wildman–Crippen MR) is 108 cm³/mol. The molecule has 0 saturated carbocycles. The number of benzene rings is 2. The van der Waals surface area contributed by atoms with Gasteiger partial charge in [0.05, 0.1) is 6.54 Å². The fourth-order valence-electron chi connectivity index (χ4n) is 2.65. The van der Waals surface area contributed by atoms with E-state index in [4.69, 9.17) is 0 Å². The Morgan fingerprint density at radius 1 is 0.893 bits per heavy atom.